The van der Waals surface area contributed by atoms with Gasteiger partial charge in [-0.05, 0) is 31.7 Å². The second-order valence-electron chi connectivity index (χ2n) is 6.62. The van der Waals surface area contributed by atoms with E-state index in [2.05, 4.69) is 54.4 Å². The fraction of sp³-hybridized carbons (Fsp3) is 0.647. The molecule has 2 fully saturated rings. The maximum Gasteiger partial charge on any atom is 0.0535 e. The summed E-state index contributed by atoms with van der Waals surface area (Å²) in [6.07, 6.45) is 4.32. The zero-order valence-electron chi connectivity index (χ0n) is 12.2. The van der Waals surface area contributed by atoms with E-state index in [9.17, 15) is 0 Å². The van der Waals surface area contributed by atoms with Crippen molar-refractivity contribution in [3.05, 3.63) is 35.9 Å². The van der Waals surface area contributed by atoms with E-state index in [-0.39, 0.29) is 5.54 Å². The SMILES string of the molecule is CC(CC1CC1)N1CCNC(C)(c2ccccc2)C1. The Morgan fingerprint density at radius 3 is 2.74 bits per heavy atom. The van der Waals surface area contributed by atoms with E-state index < -0.39 is 0 Å². The van der Waals surface area contributed by atoms with Crippen molar-refractivity contribution in [1.82, 2.24) is 10.2 Å². The van der Waals surface area contributed by atoms with Gasteiger partial charge in [0.2, 0.25) is 0 Å². The summed E-state index contributed by atoms with van der Waals surface area (Å²) in [5, 5.41) is 3.72. The maximum absolute atomic E-state index is 3.72. The number of nitrogens with zero attached hydrogens (tertiary/aromatic N) is 1. The van der Waals surface area contributed by atoms with Crippen LogP contribution in [0.1, 0.15) is 38.7 Å². The van der Waals surface area contributed by atoms with Crippen LogP contribution in [-0.4, -0.2) is 30.6 Å². The normalized spacial score (nSPS) is 30.2. The van der Waals surface area contributed by atoms with Crippen LogP contribution in [-0.2, 0) is 5.54 Å². The van der Waals surface area contributed by atoms with Crippen molar-refractivity contribution in [3.8, 4) is 0 Å². The Labute approximate surface area is 117 Å². The minimum atomic E-state index is 0.108. The molecule has 2 unspecified atom stereocenters. The van der Waals surface area contributed by atoms with Crippen molar-refractivity contribution in [3.63, 3.8) is 0 Å². The monoisotopic (exact) mass is 258 g/mol. The summed E-state index contributed by atoms with van der Waals surface area (Å²) in [6, 6.07) is 11.6. The number of benzene rings is 1. The average Bonchev–Trinajstić information content (AvgIpc) is 3.24. The third kappa shape index (κ3) is 3.01. The molecule has 1 N–H and O–H groups in total. The van der Waals surface area contributed by atoms with Crippen LogP contribution in [0, 0.1) is 5.92 Å². The van der Waals surface area contributed by atoms with Gasteiger partial charge < -0.3 is 5.32 Å². The topological polar surface area (TPSA) is 15.3 Å². The number of piperazine rings is 1. The van der Waals surface area contributed by atoms with E-state index in [1.54, 1.807) is 0 Å². The van der Waals surface area contributed by atoms with E-state index in [4.69, 9.17) is 0 Å². The molecule has 0 amide bonds. The van der Waals surface area contributed by atoms with E-state index in [0.717, 1.165) is 25.0 Å². The average molecular weight is 258 g/mol. The Hall–Kier alpha value is -0.860. The van der Waals surface area contributed by atoms with Gasteiger partial charge in [0.05, 0.1) is 5.54 Å². The molecule has 2 heteroatoms. The number of rotatable bonds is 4. The van der Waals surface area contributed by atoms with Crippen LogP contribution in [0.5, 0.6) is 0 Å². The van der Waals surface area contributed by atoms with Gasteiger partial charge >= 0.3 is 0 Å². The Morgan fingerprint density at radius 1 is 1.32 bits per heavy atom. The third-order valence-corrected chi connectivity index (χ3v) is 4.84. The molecule has 0 radical (unpaired) electrons. The number of hydrogen-bond donors (Lipinski definition) is 1. The fourth-order valence-corrected chi connectivity index (χ4v) is 3.38. The molecular weight excluding hydrogens is 232 g/mol. The van der Waals surface area contributed by atoms with Crippen LogP contribution in [0.2, 0.25) is 0 Å². The molecule has 1 aromatic carbocycles. The molecule has 1 saturated heterocycles. The minimum absolute atomic E-state index is 0.108. The second kappa shape index (κ2) is 5.26. The van der Waals surface area contributed by atoms with Crippen LogP contribution >= 0.6 is 0 Å². The zero-order chi connectivity index (χ0) is 13.3. The Morgan fingerprint density at radius 2 is 2.05 bits per heavy atom. The molecule has 1 aromatic rings. The van der Waals surface area contributed by atoms with Gasteiger partial charge in [-0.15, -0.1) is 0 Å². The lowest BCUT2D eigenvalue weighted by Gasteiger charge is -2.44. The highest BCUT2D eigenvalue weighted by Crippen LogP contribution is 2.35. The van der Waals surface area contributed by atoms with Crippen molar-refractivity contribution < 1.29 is 0 Å². The van der Waals surface area contributed by atoms with Gasteiger partial charge in [-0.25, -0.2) is 0 Å². The smallest absolute Gasteiger partial charge is 0.0535 e. The molecular formula is C17H26N2. The second-order valence-corrected chi connectivity index (χ2v) is 6.62. The molecule has 1 saturated carbocycles. The summed E-state index contributed by atoms with van der Waals surface area (Å²) < 4.78 is 0. The van der Waals surface area contributed by atoms with Gasteiger partial charge in [0.1, 0.15) is 0 Å². The highest BCUT2D eigenvalue weighted by Gasteiger charge is 2.35. The first kappa shape index (κ1) is 13.1. The van der Waals surface area contributed by atoms with Crippen molar-refractivity contribution in [2.24, 2.45) is 5.92 Å². The van der Waals surface area contributed by atoms with Gasteiger partial charge in [-0.3, -0.25) is 4.90 Å². The fourth-order valence-electron chi connectivity index (χ4n) is 3.38. The standard InChI is InChI=1S/C17H26N2/c1-14(12-15-8-9-15)19-11-10-18-17(2,13-19)16-6-4-3-5-7-16/h3-7,14-15,18H,8-13H2,1-2H3. The highest BCUT2D eigenvalue weighted by molar-refractivity contribution is 5.25. The van der Waals surface area contributed by atoms with Crippen LogP contribution in [0.3, 0.4) is 0 Å². The zero-order valence-corrected chi connectivity index (χ0v) is 12.2. The van der Waals surface area contributed by atoms with Gasteiger partial charge in [0, 0.05) is 25.7 Å². The van der Waals surface area contributed by atoms with Crippen molar-refractivity contribution in [2.75, 3.05) is 19.6 Å². The lowest BCUT2D eigenvalue weighted by atomic mass is 9.89. The van der Waals surface area contributed by atoms with E-state index in [0.29, 0.717) is 0 Å². The van der Waals surface area contributed by atoms with Crippen molar-refractivity contribution >= 4 is 0 Å². The lowest BCUT2D eigenvalue weighted by Crippen LogP contribution is -2.58. The quantitative estimate of drug-likeness (QED) is 0.893. The summed E-state index contributed by atoms with van der Waals surface area (Å²) >= 11 is 0. The van der Waals surface area contributed by atoms with Crippen molar-refractivity contribution in [1.29, 1.82) is 0 Å². The summed E-state index contributed by atoms with van der Waals surface area (Å²) in [4.78, 5) is 2.68. The Kier molecular flexibility index (Phi) is 3.64. The molecule has 104 valence electrons. The van der Waals surface area contributed by atoms with Gasteiger partial charge in [0.25, 0.3) is 0 Å². The molecule has 2 nitrogen and oxygen atoms in total. The van der Waals surface area contributed by atoms with Gasteiger partial charge in [0.15, 0.2) is 0 Å². The molecule has 1 aliphatic carbocycles. The predicted molar refractivity (Wildman–Crippen MR) is 80.2 cm³/mol. The Balaban J connectivity index is 1.69. The van der Waals surface area contributed by atoms with Crippen molar-refractivity contribution in [2.45, 2.75) is 44.7 Å². The van der Waals surface area contributed by atoms with Crippen LogP contribution < -0.4 is 5.32 Å². The van der Waals surface area contributed by atoms with Crippen LogP contribution in [0.15, 0.2) is 30.3 Å². The molecule has 19 heavy (non-hydrogen) atoms. The van der Waals surface area contributed by atoms with Gasteiger partial charge in [-0.1, -0.05) is 43.2 Å². The first-order valence-electron chi connectivity index (χ1n) is 7.72. The lowest BCUT2D eigenvalue weighted by molar-refractivity contribution is 0.0996. The predicted octanol–water partition coefficient (Wildman–Crippen LogP) is 3.00. The molecule has 1 heterocycles. The van der Waals surface area contributed by atoms with E-state index in [1.807, 2.05) is 0 Å². The molecule has 0 aromatic heterocycles. The first-order valence-corrected chi connectivity index (χ1v) is 7.72. The summed E-state index contributed by atoms with van der Waals surface area (Å²) in [6.45, 7) is 8.18. The van der Waals surface area contributed by atoms with Crippen LogP contribution in [0.4, 0.5) is 0 Å². The summed E-state index contributed by atoms with van der Waals surface area (Å²) in [5.41, 5.74) is 1.52. The minimum Gasteiger partial charge on any atom is -0.305 e. The van der Waals surface area contributed by atoms with Crippen LogP contribution in [0.25, 0.3) is 0 Å². The van der Waals surface area contributed by atoms with E-state index >= 15 is 0 Å². The van der Waals surface area contributed by atoms with E-state index in [1.165, 1.54) is 31.4 Å². The molecule has 2 aliphatic rings. The number of nitrogens with one attached hydrogen (secondary N) is 1. The molecule has 3 rings (SSSR count). The number of hydrogen-bond acceptors (Lipinski definition) is 2. The largest absolute Gasteiger partial charge is 0.305 e. The molecule has 0 spiro atoms. The summed E-state index contributed by atoms with van der Waals surface area (Å²) in [7, 11) is 0. The molecule has 2 atom stereocenters. The third-order valence-electron chi connectivity index (χ3n) is 4.84. The maximum atomic E-state index is 3.72. The van der Waals surface area contributed by atoms with Gasteiger partial charge in [-0.2, -0.15) is 0 Å². The highest BCUT2D eigenvalue weighted by atomic mass is 15.2. The summed E-state index contributed by atoms with van der Waals surface area (Å²) in [5.74, 6) is 1.02. The molecule has 0 bridgehead atoms. The Bertz CT molecular complexity index is 413. The molecule has 1 aliphatic heterocycles. The first-order chi connectivity index (χ1) is 9.17.